The Balaban J connectivity index is 1.99. The standard InChI is InChI=1S/C14H16N4/c1-10-12-8-11(4-5-13(12)18(2)17-10)16-14(9-15)6-3-7-14/h4-5,8,16H,3,6-7H2,1-2H3. The average molecular weight is 240 g/mol. The highest BCUT2D eigenvalue weighted by Gasteiger charge is 2.37. The lowest BCUT2D eigenvalue weighted by molar-refractivity contribution is 0.356. The summed E-state index contributed by atoms with van der Waals surface area (Å²) in [6.45, 7) is 2.01. The Labute approximate surface area is 106 Å². The maximum absolute atomic E-state index is 9.24. The zero-order valence-electron chi connectivity index (χ0n) is 10.7. The molecule has 1 aromatic heterocycles. The van der Waals surface area contributed by atoms with Crippen molar-refractivity contribution in [1.29, 1.82) is 5.26 Å². The maximum Gasteiger partial charge on any atom is 0.125 e. The number of rotatable bonds is 2. The van der Waals surface area contributed by atoms with Crippen LogP contribution >= 0.6 is 0 Å². The Morgan fingerprint density at radius 2 is 2.22 bits per heavy atom. The van der Waals surface area contributed by atoms with E-state index in [-0.39, 0.29) is 5.54 Å². The van der Waals surface area contributed by atoms with Gasteiger partial charge in [-0.15, -0.1) is 0 Å². The van der Waals surface area contributed by atoms with Crippen LogP contribution in [0.1, 0.15) is 25.0 Å². The second kappa shape index (κ2) is 3.74. The van der Waals surface area contributed by atoms with Crippen LogP contribution in [0.4, 0.5) is 5.69 Å². The molecule has 4 nitrogen and oxygen atoms in total. The van der Waals surface area contributed by atoms with Crippen LogP contribution in [0.3, 0.4) is 0 Å². The molecule has 1 fully saturated rings. The SMILES string of the molecule is Cc1nn(C)c2ccc(NC3(C#N)CCC3)cc12. The predicted octanol–water partition coefficient (Wildman–Crippen LogP) is 2.74. The first-order valence-electron chi connectivity index (χ1n) is 6.26. The Bertz CT molecular complexity index is 644. The van der Waals surface area contributed by atoms with Gasteiger partial charge in [0.2, 0.25) is 0 Å². The summed E-state index contributed by atoms with van der Waals surface area (Å²) in [5.74, 6) is 0. The van der Waals surface area contributed by atoms with Gasteiger partial charge in [0, 0.05) is 18.1 Å². The van der Waals surface area contributed by atoms with E-state index < -0.39 is 0 Å². The summed E-state index contributed by atoms with van der Waals surface area (Å²) < 4.78 is 1.89. The number of hydrogen-bond acceptors (Lipinski definition) is 3. The first kappa shape index (κ1) is 11.1. The summed E-state index contributed by atoms with van der Waals surface area (Å²) in [6.07, 6.45) is 3.01. The highest BCUT2D eigenvalue weighted by atomic mass is 15.3. The van der Waals surface area contributed by atoms with Gasteiger partial charge in [0.1, 0.15) is 5.54 Å². The molecule has 0 atom stereocenters. The minimum atomic E-state index is -0.343. The van der Waals surface area contributed by atoms with Crippen molar-refractivity contribution in [2.75, 3.05) is 5.32 Å². The molecule has 0 aliphatic heterocycles. The fraction of sp³-hybridized carbons (Fsp3) is 0.429. The maximum atomic E-state index is 9.24. The molecule has 1 N–H and O–H groups in total. The summed E-state index contributed by atoms with van der Waals surface area (Å²) in [6, 6.07) is 8.58. The number of aryl methyl sites for hydroxylation is 2. The largest absolute Gasteiger partial charge is 0.367 e. The van der Waals surface area contributed by atoms with Crippen molar-refractivity contribution in [3.05, 3.63) is 23.9 Å². The minimum absolute atomic E-state index is 0.343. The normalized spacial score (nSPS) is 17.2. The molecule has 1 aromatic carbocycles. The van der Waals surface area contributed by atoms with E-state index in [0.717, 1.165) is 41.5 Å². The van der Waals surface area contributed by atoms with Crippen LogP contribution in [0.2, 0.25) is 0 Å². The second-order valence-electron chi connectivity index (χ2n) is 5.11. The molecule has 1 saturated carbocycles. The van der Waals surface area contributed by atoms with E-state index in [2.05, 4.69) is 28.6 Å². The highest BCUT2D eigenvalue weighted by Crippen LogP contribution is 2.35. The van der Waals surface area contributed by atoms with Crippen molar-refractivity contribution in [2.45, 2.75) is 31.7 Å². The molecule has 1 heterocycles. The Kier molecular flexibility index (Phi) is 2.30. The summed E-state index contributed by atoms with van der Waals surface area (Å²) in [4.78, 5) is 0. The molecule has 0 amide bonds. The Morgan fingerprint density at radius 1 is 1.44 bits per heavy atom. The monoisotopic (exact) mass is 240 g/mol. The number of nitrogens with zero attached hydrogens (tertiary/aromatic N) is 3. The van der Waals surface area contributed by atoms with Crippen LogP contribution < -0.4 is 5.32 Å². The lowest BCUT2D eigenvalue weighted by Crippen LogP contribution is -2.43. The van der Waals surface area contributed by atoms with E-state index in [1.54, 1.807) is 0 Å². The minimum Gasteiger partial charge on any atom is -0.367 e. The van der Waals surface area contributed by atoms with Gasteiger partial charge in [-0.25, -0.2) is 0 Å². The molecule has 0 radical (unpaired) electrons. The van der Waals surface area contributed by atoms with Crippen LogP contribution in [0, 0.1) is 18.3 Å². The second-order valence-corrected chi connectivity index (χ2v) is 5.11. The van der Waals surface area contributed by atoms with Gasteiger partial charge in [-0.05, 0) is 44.4 Å². The zero-order chi connectivity index (χ0) is 12.8. The first-order chi connectivity index (χ1) is 8.63. The molecule has 4 heteroatoms. The van der Waals surface area contributed by atoms with E-state index in [1.807, 2.05) is 24.7 Å². The van der Waals surface area contributed by atoms with Gasteiger partial charge in [-0.2, -0.15) is 10.4 Å². The topological polar surface area (TPSA) is 53.6 Å². The van der Waals surface area contributed by atoms with Gasteiger partial charge in [0.05, 0.1) is 17.3 Å². The zero-order valence-corrected chi connectivity index (χ0v) is 10.7. The Morgan fingerprint density at radius 3 is 2.83 bits per heavy atom. The van der Waals surface area contributed by atoms with Crippen LogP contribution in [0.15, 0.2) is 18.2 Å². The molecular weight excluding hydrogens is 224 g/mol. The number of nitriles is 1. The molecule has 1 aliphatic rings. The third kappa shape index (κ3) is 1.55. The number of aromatic nitrogens is 2. The van der Waals surface area contributed by atoms with Gasteiger partial charge in [0.15, 0.2) is 0 Å². The first-order valence-corrected chi connectivity index (χ1v) is 6.26. The van der Waals surface area contributed by atoms with Crippen LogP contribution in [0.5, 0.6) is 0 Å². The van der Waals surface area contributed by atoms with Crippen molar-refractivity contribution in [2.24, 2.45) is 7.05 Å². The summed E-state index contributed by atoms with van der Waals surface area (Å²) in [5, 5.41) is 18.2. The van der Waals surface area contributed by atoms with Crippen LogP contribution in [0.25, 0.3) is 10.9 Å². The van der Waals surface area contributed by atoms with E-state index in [9.17, 15) is 5.26 Å². The van der Waals surface area contributed by atoms with Crippen molar-refractivity contribution in [1.82, 2.24) is 9.78 Å². The van der Waals surface area contributed by atoms with Crippen LogP contribution in [-0.4, -0.2) is 15.3 Å². The fourth-order valence-corrected chi connectivity index (χ4v) is 2.59. The molecule has 1 aliphatic carbocycles. The molecule has 18 heavy (non-hydrogen) atoms. The van der Waals surface area contributed by atoms with Gasteiger partial charge < -0.3 is 5.32 Å². The molecule has 3 rings (SSSR count). The number of fused-ring (bicyclic) bond motifs is 1. The summed E-state index contributed by atoms with van der Waals surface area (Å²) >= 11 is 0. The van der Waals surface area contributed by atoms with Crippen molar-refractivity contribution < 1.29 is 0 Å². The van der Waals surface area contributed by atoms with Gasteiger partial charge in [0.25, 0.3) is 0 Å². The van der Waals surface area contributed by atoms with Crippen LogP contribution in [-0.2, 0) is 7.05 Å². The highest BCUT2D eigenvalue weighted by molar-refractivity contribution is 5.85. The molecule has 0 spiro atoms. The van der Waals surface area contributed by atoms with E-state index in [0.29, 0.717) is 0 Å². The number of hydrogen-bond donors (Lipinski definition) is 1. The number of nitrogens with one attached hydrogen (secondary N) is 1. The lowest BCUT2D eigenvalue weighted by atomic mass is 9.78. The molecule has 0 saturated heterocycles. The summed E-state index contributed by atoms with van der Waals surface area (Å²) in [5.41, 5.74) is 2.82. The number of benzene rings is 1. The van der Waals surface area contributed by atoms with E-state index >= 15 is 0 Å². The Hall–Kier alpha value is -2.02. The van der Waals surface area contributed by atoms with Crippen molar-refractivity contribution >= 4 is 16.6 Å². The quantitative estimate of drug-likeness (QED) is 0.878. The van der Waals surface area contributed by atoms with Gasteiger partial charge in [-0.3, -0.25) is 4.68 Å². The van der Waals surface area contributed by atoms with E-state index in [1.165, 1.54) is 0 Å². The van der Waals surface area contributed by atoms with Gasteiger partial charge >= 0.3 is 0 Å². The smallest absolute Gasteiger partial charge is 0.125 e. The molecule has 0 unspecified atom stereocenters. The average Bonchev–Trinajstić information content (AvgIpc) is 2.60. The van der Waals surface area contributed by atoms with Gasteiger partial charge in [-0.1, -0.05) is 0 Å². The van der Waals surface area contributed by atoms with Crippen molar-refractivity contribution in [3.8, 4) is 6.07 Å². The predicted molar refractivity (Wildman–Crippen MR) is 71.3 cm³/mol. The van der Waals surface area contributed by atoms with E-state index in [4.69, 9.17) is 0 Å². The summed E-state index contributed by atoms with van der Waals surface area (Å²) in [7, 11) is 1.95. The lowest BCUT2D eigenvalue weighted by Gasteiger charge is -2.36. The molecule has 92 valence electrons. The molecule has 2 aromatic rings. The van der Waals surface area contributed by atoms with Crippen molar-refractivity contribution in [3.63, 3.8) is 0 Å². The molecular formula is C14H16N4. The third-order valence-electron chi connectivity index (χ3n) is 3.84. The third-order valence-corrected chi connectivity index (χ3v) is 3.84. The fourth-order valence-electron chi connectivity index (χ4n) is 2.59. The number of anilines is 1. The molecule has 0 bridgehead atoms.